The Morgan fingerprint density at radius 2 is 1.60 bits per heavy atom. The molecule has 0 unspecified atom stereocenters. The molecular formula is C17H11ClF3NO2S. The Morgan fingerprint density at radius 1 is 0.920 bits per heavy atom. The van der Waals surface area contributed by atoms with Gasteiger partial charge in [0.05, 0.1) is 21.2 Å². The number of benzene rings is 3. The topological polar surface area (TPSA) is 46.2 Å². The van der Waals surface area contributed by atoms with Crippen molar-refractivity contribution in [1.29, 1.82) is 0 Å². The van der Waals surface area contributed by atoms with E-state index in [1.54, 1.807) is 36.4 Å². The van der Waals surface area contributed by atoms with Crippen LogP contribution in [0.5, 0.6) is 0 Å². The molecule has 25 heavy (non-hydrogen) atoms. The van der Waals surface area contributed by atoms with Gasteiger partial charge in [0.15, 0.2) is 0 Å². The van der Waals surface area contributed by atoms with E-state index in [1.807, 2.05) is 0 Å². The van der Waals surface area contributed by atoms with Crippen LogP contribution in [0.1, 0.15) is 5.56 Å². The molecule has 0 radical (unpaired) electrons. The van der Waals surface area contributed by atoms with Crippen molar-refractivity contribution in [3.8, 4) is 0 Å². The third-order valence-electron chi connectivity index (χ3n) is 3.58. The summed E-state index contributed by atoms with van der Waals surface area (Å²) in [6, 6.07) is 14.0. The van der Waals surface area contributed by atoms with Crippen LogP contribution in [0.4, 0.5) is 18.9 Å². The van der Waals surface area contributed by atoms with E-state index in [0.29, 0.717) is 16.8 Å². The molecule has 0 aliphatic rings. The maximum Gasteiger partial charge on any atom is 0.416 e. The van der Waals surface area contributed by atoms with Crippen molar-refractivity contribution in [2.45, 2.75) is 11.1 Å². The fourth-order valence-electron chi connectivity index (χ4n) is 2.41. The molecule has 0 atom stereocenters. The molecule has 130 valence electrons. The lowest BCUT2D eigenvalue weighted by Gasteiger charge is -2.14. The summed E-state index contributed by atoms with van der Waals surface area (Å²) in [5, 5.41) is 1.03. The van der Waals surface area contributed by atoms with Gasteiger partial charge >= 0.3 is 6.18 Å². The van der Waals surface area contributed by atoms with Crippen LogP contribution in [0.25, 0.3) is 10.8 Å². The molecule has 0 saturated carbocycles. The second-order valence-corrected chi connectivity index (χ2v) is 7.33. The van der Waals surface area contributed by atoms with Crippen molar-refractivity contribution >= 4 is 38.1 Å². The largest absolute Gasteiger partial charge is 0.416 e. The van der Waals surface area contributed by atoms with E-state index >= 15 is 0 Å². The lowest BCUT2D eigenvalue weighted by molar-refractivity contribution is -0.137. The zero-order valence-corrected chi connectivity index (χ0v) is 14.1. The highest BCUT2D eigenvalue weighted by Gasteiger charge is 2.31. The van der Waals surface area contributed by atoms with E-state index in [9.17, 15) is 21.6 Å². The smallest absolute Gasteiger partial charge is 0.278 e. The number of alkyl halides is 3. The van der Waals surface area contributed by atoms with E-state index in [0.717, 1.165) is 12.1 Å². The van der Waals surface area contributed by atoms with Gasteiger partial charge in [0.1, 0.15) is 0 Å². The molecule has 1 N–H and O–H groups in total. The molecule has 0 heterocycles. The SMILES string of the molecule is O=S(=O)(Nc1cc(C(F)(F)F)ccc1Cl)c1cccc2ccccc12. The Hall–Kier alpha value is -2.25. The van der Waals surface area contributed by atoms with E-state index in [-0.39, 0.29) is 15.6 Å². The third-order valence-corrected chi connectivity index (χ3v) is 5.33. The van der Waals surface area contributed by atoms with E-state index < -0.39 is 21.8 Å². The van der Waals surface area contributed by atoms with Gasteiger partial charge in [0, 0.05) is 5.39 Å². The van der Waals surface area contributed by atoms with Crippen molar-refractivity contribution in [3.63, 3.8) is 0 Å². The van der Waals surface area contributed by atoms with Gasteiger partial charge < -0.3 is 0 Å². The molecular weight excluding hydrogens is 375 g/mol. The second kappa shape index (κ2) is 6.24. The molecule has 0 spiro atoms. The van der Waals surface area contributed by atoms with Crippen molar-refractivity contribution in [2.75, 3.05) is 4.72 Å². The van der Waals surface area contributed by atoms with Gasteiger partial charge in [0.25, 0.3) is 10.0 Å². The predicted octanol–water partition coefficient (Wildman–Crippen LogP) is 5.31. The fourth-order valence-corrected chi connectivity index (χ4v) is 3.93. The molecule has 0 bridgehead atoms. The van der Waals surface area contributed by atoms with E-state index in [2.05, 4.69) is 4.72 Å². The van der Waals surface area contributed by atoms with Crippen molar-refractivity contribution in [2.24, 2.45) is 0 Å². The molecule has 3 rings (SSSR count). The number of anilines is 1. The highest BCUT2D eigenvalue weighted by Crippen LogP contribution is 2.35. The van der Waals surface area contributed by atoms with Gasteiger partial charge in [-0.3, -0.25) is 4.72 Å². The Labute approximate surface area is 147 Å². The first-order valence-electron chi connectivity index (χ1n) is 7.06. The predicted molar refractivity (Wildman–Crippen MR) is 91.2 cm³/mol. The van der Waals surface area contributed by atoms with Gasteiger partial charge in [-0.15, -0.1) is 0 Å². The zero-order chi connectivity index (χ0) is 18.2. The third kappa shape index (κ3) is 3.57. The van der Waals surface area contributed by atoms with Gasteiger partial charge in [-0.2, -0.15) is 13.2 Å². The summed E-state index contributed by atoms with van der Waals surface area (Å²) in [5.74, 6) is 0. The minimum atomic E-state index is -4.61. The van der Waals surface area contributed by atoms with Crippen molar-refractivity contribution in [1.82, 2.24) is 0 Å². The Morgan fingerprint density at radius 3 is 2.32 bits per heavy atom. The summed E-state index contributed by atoms with van der Waals surface area (Å²) in [7, 11) is -4.13. The Bertz CT molecular complexity index is 1040. The molecule has 0 saturated heterocycles. The highest BCUT2D eigenvalue weighted by molar-refractivity contribution is 7.93. The number of rotatable bonds is 3. The Kier molecular flexibility index (Phi) is 4.38. The summed E-state index contributed by atoms with van der Waals surface area (Å²) >= 11 is 5.86. The normalized spacial score (nSPS) is 12.3. The molecule has 8 heteroatoms. The van der Waals surface area contributed by atoms with E-state index in [1.165, 1.54) is 6.07 Å². The van der Waals surface area contributed by atoms with Crippen LogP contribution >= 0.6 is 11.6 Å². The van der Waals surface area contributed by atoms with Crippen LogP contribution < -0.4 is 4.72 Å². The first-order chi connectivity index (χ1) is 11.7. The second-order valence-electron chi connectivity index (χ2n) is 5.28. The summed E-state index contributed by atoms with van der Waals surface area (Å²) < 4.78 is 66.0. The number of fused-ring (bicyclic) bond motifs is 1. The van der Waals surface area contributed by atoms with Crippen LogP contribution in [-0.4, -0.2) is 8.42 Å². The summed E-state index contributed by atoms with van der Waals surface area (Å²) in [6.45, 7) is 0. The van der Waals surface area contributed by atoms with Crippen LogP contribution in [0, 0.1) is 0 Å². The average Bonchev–Trinajstić information content (AvgIpc) is 2.55. The van der Waals surface area contributed by atoms with Crippen LogP contribution in [0.3, 0.4) is 0 Å². The average molecular weight is 386 g/mol. The zero-order valence-electron chi connectivity index (χ0n) is 12.5. The number of halogens is 4. The van der Waals surface area contributed by atoms with Crippen LogP contribution in [0.15, 0.2) is 65.6 Å². The Balaban J connectivity index is 2.08. The minimum absolute atomic E-state index is 0.0425. The summed E-state index contributed by atoms with van der Waals surface area (Å²) in [6.07, 6.45) is -4.61. The molecule has 0 fully saturated rings. The number of sulfonamides is 1. The van der Waals surface area contributed by atoms with Gasteiger partial charge in [-0.1, -0.05) is 48.0 Å². The molecule has 3 nitrogen and oxygen atoms in total. The molecule has 0 amide bonds. The maximum atomic E-state index is 12.8. The van der Waals surface area contributed by atoms with Gasteiger partial charge in [-0.25, -0.2) is 8.42 Å². The van der Waals surface area contributed by atoms with Crippen molar-refractivity contribution in [3.05, 3.63) is 71.2 Å². The van der Waals surface area contributed by atoms with Crippen LogP contribution in [-0.2, 0) is 16.2 Å². The number of hydrogen-bond donors (Lipinski definition) is 1. The number of hydrogen-bond acceptors (Lipinski definition) is 2. The van der Waals surface area contributed by atoms with Crippen LogP contribution in [0.2, 0.25) is 5.02 Å². The molecule has 3 aromatic carbocycles. The summed E-state index contributed by atoms with van der Waals surface area (Å²) in [4.78, 5) is -0.0425. The van der Waals surface area contributed by atoms with E-state index in [4.69, 9.17) is 11.6 Å². The van der Waals surface area contributed by atoms with Gasteiger partial charge in [0.2, 0.25) is 0 Å². The quantitative estimate of drug-likeness (QED) is 0.663. The fraction of sp³-hybridized carbons (Fsp3) is 0.0588. The summed E-state index contributed by atoms with van der Waals surface area (Å²) in [5.41, 5.74) is -1.32. The van der Waals surface area contributed by atoms with Gasteiger partial charge in [-0.05, 0) is 29.7 Å². The minimum Gasteiger partial charge on any atom is -0.278 e. The molecule has 0 aliphatic heterocycles. The lowest BCUT2D eigenvalue weighted by atomic mass is 10.1. The molecule has 3 aromatic rings. The first kappa shape index (κ1) is 17.6. The van der Waals surface area contributed by atoms with Crippen molar-refractivity contribution < 1.29 is 21.6 Å². The first-order valence-corrected chi connectivity index (χ1v) is 8.92. The molecule has 0 aliphatic carbocycles. The maximum absolute atomic E-state index is 12.8. The molecule has 0 aromatic heterocycles. The highest BCUT2D eigenvalue weighted by atomic mass is 35.5. The standard InChI is InChI=1S/C17H11ClF3NO2S/c18-14-9-8-12(17(19,20)21)10-15(14)22-25(23,24)16-7-3-5-11-4-1-2-6-13(11)16/h1-10,22H. The lowest BCUT2D eigenvalue weighted by Crippen LogP contribution is -2.15. The monoisotopic (exact) mass is 385 g/mol. The number of nitrogens with one attached hydrogen (secondary N) is 1.